The van der Waals surface area contributed by atoms with Gasteiger partial charge >= 0.3 is 11.9 Å². The quantitative estimate of drug-likeness (QED) is 0.491. The van der Waals surface area contributed by atoms with Crippen LogP contribution in [0.5, 0.6) is 0 Å². The summed E-state index contributed by atoms with van der Waals surface area (Å²) in [5.74, 6) is -0.987. The van der Waals surface area contributed by atoms with Gasteiger partial charge in [0.1, 0.15) is 0 Å². The van der Waals surface area contributed by atoms with E-state index in [9.17, 15) is 9.59 Å². The maximum absolute atomic E-state index is 10.6. The largest absolute Gasteiger partial charge is 0.481 e. The third kappa shape index (κ3) is 19.2. The second-order valence-corrected chi connectivity index (χ2v) is 3.99. The SMILES string of the molecule is CCC(C)OCCC(=O)O.CCOCCC(=O)OCC. The zero-order valence-electron chi connectivity index (χ0n) is 13.0. The first kappa shape index (κ1) is 21.2. The van der Waals surface area contributed by atoms with Gasteiger partial charge in [0.2, 0.25) is 0 Å². The van der Waals surface area contributed by atoms with E-state index in [0.717, 1.165) is 6.42 Å². The predicted molar refractivity (Wildman–Crippen MR) is 75.7 cm³/mol. The molecular weight excluding hydrogens is 264 g/mol. The van der Waals surface area contributed by atoms with E-state index >= 15 is 0 Å². The first-order valence-corrected chi connectivity index (χ1v) is 7.04. The monoisotopic (exact) mass is 292 g/mol. The summed E-state index contributed by atoms with van der Waals surface area (Å²) in [6.07, 6.45) is 1.57. The summed E-state index contributed by atoms with van der Waals surface area (Å²) >= 11 is 0. The van der Waals surface area contributed by atoms with Crippen LogP contribution in [-0.2, 0) is 23.8 Å². The van der Waals surface area contributed by atoms with Gasteiger partial charge in [-0.15, -0.1) is 0 Å². The number of carbonyl (C=O) groups is 2. The minimum absolute atomic E-state index is 0.102. The molecule has 1 unspecified atom stereocenters. The van der Waals surface area contributed by atoms with Crippen molar-refractivity contribution in [2.75, 3.05) is 26.4 Å². The average molecular weight is 292 g/mol. The summed E-state index contributed by atoms with van der Waals surface area (Å²) in [6, 6.07) is 0. The van der Waals surface area contributed by atoms with E-state index in [2.05, 4.69) is 4.74 Å². The molecule has 0 aliphatic carbocycles. The van der Waals surface area contributed by atoms with Crippen LogP contribution in [-0.4, -0.2) is 49.6 Å². The number of carboxylic acids is 1. The van der Waals surface area contributed by atoms with Crippen molar-refractivity contribution < 1.29 is 28.9 Å². The van der Waals surface area contributed by atoms with E-state index in [1.165, 1.54) is 0 Å². The number of esters is 1. The molecular formula is C14H28O6. The number of ether oxygens (including phenoxy) is 3. The molecule has 0 aromatic carbocycles. The summed E-state index contributed by atoms with van der Waals surface area (Å²) in [5.41, 5.74) is 0. The van der Waals surface area contributed by atoms with Crippen LogP contribution in [0.3, 0.4) is 0 Å². The van der Waals surface area contributed by atoms with Gasteiger partial charge in [0.25, 0.3) is 0 Å². The van der Waals surface area contributed by atoms with Gasteiger partial charge in [0.15, 0.2) is 0 Å². The first-order chi connectivity index (χ1) is 9.47. The van der Waals surface area contributed by atoms with Gasteiger partial charge in [0, 0.05) is 6.61 Å². The van der Waals surface area contributed by atoms with Crippen molar-refractivity contribution in [3.63, 3.8) is 0 Å². The van der Waals surface area contributed by atoms with Crippen LogP contribution in [0.25, 0.3) is 0 Å². The second kappa shape index (κ2) is 15.9. The Kier molecular flexibility index (Phi) is 16.8. The molecule has 0 saturated carbocycles. The molecule has 0 rings (SSSR count). The fraction of sp³-hybridized carbons (Fsp3) is 0.857. The molecule has 0 bridgehead atoms. The maximum Gasteiger partial charge on any atom is 0.308 e. The highest BCUT2D eigenvalue weighted by Crippen LogP contribution is 1.96. The highest BCUT2D eigenvalue weighted by molar-refractivity contribution is 5.69. The Bertz CT molecular complexity index is 242. The van der Waals surface area contributed by atoms with Crippen molar-refractivity contribution in [1.82, 2.24) is 0 Å². The smallest absolute Gasteiger partial charge is 0.308 e. The molecule has 0 aromatic heterocycles. The molecule has 20 heavy (non-hydrogen) atoms. The third-order valence-corrected chi connectivity index (χ3v) is 2.25. The molecule has 0 aliphatic rings. The number of hydrogen-bond donors (Lipinski definition) is 1. The third-order valence-electron chi connectivity index (χ3n) is 2.25. The second-order valence-electron chi connectivity index (χ2n) is 3.99. The van der Waals surface area contributed by atoms with Gasteiger partial charge in [-0.3, -0.25) is 9.59 Å². The average Bonchev–Trinajstić information content (AvgIpc) is 2.39. The first-order valence-electron chi connectivity index (χ1n) is 7.04. The van der Waals surface area contributed by atoms with Crippen LogP contribution >= 0.6 is 0 Å². The van der Waals surface area contributed by atoms with Gasteiger partial charge in [-0.05, 0) is 27.2 Å². The van der Waals surface area contributed by atoms with Gasteiger partial charge in [0.05, 0.1) is 38.8 Å². The molecule has 0 aromatic rings. The highest BCUT2D eigenvalue weighted by Gasteiger charge is 2.00. The number of aliphatic carboxylic acids is 1. The molecule has 0 spiro atoms. The molecule has 0 fully saturated rings. The van der Waals surface area contributed by atoms with Crippen molar-refractivity contribution in [3.8, 4) is 0 Å². The van der Waals surface area contributed by atoms with Crippen LogP contribution < -0.4 is 0 Å². The fourth-order valence-electron chi connectivity index (χ4n) is 0.998. The number of carbonyl (C=O) groups excluding carboxylic acids is 1. The molecule has 1 N–H and O–H groups in total. The van der Waals surface area contributed by atoms with Crippen molar-refractivity contribution >= 4 is 11.9 Å². The highest BCUT2D eigenvalue weighted by atomic mass is 16.5. The van der Waals surface area contributed by atoms with Crippen molar-refractivity contribution in [3.05, 3.63) is 0 Å². The van der Waals surface area contributed by atoms with E-state index in [0.29, 0.717) is 32.8 Å². The summed E-state index contributed by atoms with van der Waals surface area (Å²) in [4.78, 5) is 20.6. The molecule has 0 radical (unpaired) electrons. The van der Waals surface area contributed by atoms with E-state index < -0.39 is 5.97 Å². The fourth-order valence-corrected chi connectivity index (χ4v) is 0.998. The van der Waals surface area contributed by atoms with E-state index in [4.69, 9.17) is 14.6 Å². The molecule has 6 nitrogen and oxygen atoms in total. The summed E-state index contributed by atoms with van der Waals surface area (Å²) in [6.45, 7) is 9.51. The minimum atomic E-state index is -0.802. The minimum Gasteiger partial charge on any atom is -0.481 e. The molecule has 0 heterocycles. The van der Waals surface area contributed by atoms with Gasteiger partial charge in [-0.25, -0.2) is 0 Å². The van der Waals surface area contributed by atoms with Gasteiger partial charge in [-0.2, -0.15) is 0 Å². The van der Waals surface area contributed by atoms with Crippen LogP contribution in [0.2, 0.25) is 0 Å². The Morgan fingerprint density at radius 2 is 1.70 bits per heavy atom. The lowest BCUT2D eigenvalue weighted by Gasteiger charge is -2.07. The summed E-state index contributed by atoms with van der Waals surface area (Å²) < 4.78 is 14.7. The lowest BCUT2D eigenvalue weighted by atomic mass is 10.3. The molecule has 0 aliphatic heterocycles. The zero-order chi connectivity index (χ0) is 15.8. The molecule has 0 amide bonds. The van der Waals surface area contributed by atoms with Crippen LogP contribution in [0.15, 0.2) is 0 Å². The van der Waals surface area contributed by atoms with Crippen molar-refractivity contribution in [2.24, 2.45) is 0 Å². The van der Waals surface area contributed by atoms with E-state index in [1.54, 1.807) is 6.92 Å². The Labute approximate surface area is 121 Å². The Hall–Kier alpha value is -1.14. The normalized spacial score (nSPS) is 11.2. The predicted octanol–water partition coefficient (Wildman–Crippen LogP) is 2.25. The lowest BCUT2D eigenvalue weighted by Crippen LogP contribution is -2.10. The summed E-state index contributed by atoms with van der Waals surface area (Å²) in [7, 11) is 0. The number of rotatable bonds is 10. The van der Waals surface area contributed by atoms with Gasteiger partial charge in [-0.1, -0.05) is 6.92 Å². The number of carboxylic acid groups (broad SMARTS) is 1. The zero-order valence-corrected chi connectivity index (χ0v) is 13.0. The van der Waals surface area contributed by atoms with Crippen LogP contribution in [0, 0.1) is 0 Å². The standard InChI is InChI=1S/2C7H14O3/c1-3-6(2)10-5-4-7(8)9;1-3-9-6-5-7(8)10-4-2/h6H,3-5H2,1-2H3,(H,8,9);3-6H2,1-2H3. The Balaban J connectivity index is 0. The summed E-state index contributed by atoms with van der Waals surface area (Å²) in [5, 5.41) is 8.22. The lowest BCUT2D eigenvalue weighted by molar-refractivity contribution is -0.144. The maximum atomic E-state index is 10.6. The number of hydrogen-bond acceptors (Lipinski definition) is 5. The molecule has 120 valence electrons. The van der Waals surface area contributed by atoms with E-state index in [1.807, 2.05) is 20.8 Å². The van der Waals surface area contributed by atoms with Crippen molar-refractivity contribution in [1.29, 1.82) is 0 Å². The molecule has 0 saturated heterocycles. The van der Waals surface area contributed by atoms with E-state index in [-0.39, 0.29) is 18.5 Å². The molecule has 1 atom stereocenters. The topological polar surface area (TPSA) is 82.1 Å². The Morgan fingerprint density at radius 1 is 1.05 bits per heavy atom. The van der Waals surface area contributed by atoms with Crippen LogP contribution in [0.4, 0.5) is 0 Å². The van der Waals surface area contributed by atoms with Gasteiger partial charge < -0.3 is 19.3 Å². The van der Waals surface area contributed by atoms with Crippen LogP contribution in [0.1, 0.15) is 47.0 Å². The Morgan fingerprint density at radius 3 is 2.15 bits per heavy atom. The molecule has 6 heteroatoms. The van der Waals surface area contributed by atoms with Crippen molar-refractivity contribution in [2.45, 2.75) is 53.1 Å².